The molecule has 4 aromatic rings. The number of nitrogens with zero attached hydrogens (tertiary/aromatic N) is 2. The molecule has 3 aliphatic rings. The van der Waals surface area contributed by atoms with Crippen LogP contribution in [0, 0.1) is 12.3 Å². The van der Waals surface area contributed by atoms with Crippen molar-refractivity contribution in [1.29, 1.82) is 0 Å². The Morgan fingerprint density at radius 3 is 2.34 bits per heavy atom. The smallest absolute Gasteiger partial charge is 0.262 e. The van der Waals surface area contributed by atoms with E-state index in [2.05, 4.69) is 81.3 Å². The highest BCUT2D eigenvalue weighted by Crippen LogP contribution is 2.49. The third-order valence-corrected chi connectivity index (χ3v) is 15.9. The van der Waals surface area contributed by atoms with Gasteiger partial charge in [0.15, 0.2) is 0 Å². The number of amides is 1. The number of Topliss-reactive ketones (excluding diaryl/α,β-unsaturated/α-hetero) is 1. The number of benzene rings is 3. The van der Waals surface area contributed by atoms with Gasteiger partial charge in [-0.05, 0) is 148 Å². The number of unbranched alkanes of at least 4 members (excludes halogenated alkanes) is 4. The van der Waals surface area contributed by atoms with Crippen molar-refractivity contribution in [2.75, 3.05) is 38.2 Å². The van der Waals surface area contributed by atoms with Crippen LogP contribution in [0.15, 0.2) is 149 Å². The van der Waals surface area contributed by atoms with E-state index in [1.165, 1.54) is 17.0 Å². The molecule has 2 N–H and O–H groups in total. The largest absolute Gasteiger partial charge is 0.744 e. The van der Waals surface area contributed by atoms with Gasteiger partial charge in [0.05, 0.1) is 30.6 Å². The number of hydrogen-bond acceptors (Lipinski definition) is 9. The van der Waals surface area contributed by atoms with Crippen LogP contribution < -0.4 is 19.9 Å². The van der Waals surface area contributed by atoms with Crippen LogP contribution in [0.1, 0.15) is 127 Å². The number of rotatable bonds is 23. The lowest BCUT2D eigenvalue weighted by atomic mass is 9.83. The molecular weight excluding hydrogens is 996 g/mol. The molecule has 0 fully saturated rings. The number of allylic oxidation sites excluding steroid dienone is 10. The summed E-state index contributed by atoms with van der Waals surface area (Å²) in [5.41, 5.74) is 6.67. The number of carbonyl (C=O) groups excluding carboxylic acids is 3. The minimum Gasteiger partial charge on any atom is -0.744 e. The number of quaternary nitrogens is 1. The van der Waals surface area contributed by atoms with E-state index in [1.807, 2.05) is 57.2 Å². The topological polar surface area (TPSA) is 152 Å². The lowest BCUT2D eigenvalue weighted by molar-refractivity contribution is -0.908. The first-order chi connectivity index (χ1) is 36.2. The van der Waals surface area contributed by atoms with Crippen LogP contribution in [0.25, 0.3) is 10.9 Å². The summed E-state index contributed by atoms with van der Waals surface area (Å²) >= 11 is 6.08. The average molecular weight is 1070 g/mol. The summed E-state index contributed by atoms with van der Waals surface area (Å²) in [5.74, 6) is 2.31. The van der Waals surface area contributed by atoms with Crippen molar-refractivity contribution in [3.63, 3.8) is 0 Å². The highest BCUT2D eigenvalue weighted by Gasteiger charge is 2.40. The predicted octanol–water partition coefficient (Wildman–Crippen LogP) is 11.4. The Morgan fingerprint density at radius 2 is 1.64 bits per heavy atom. The predicted molar refractivity (Wildman–Crippen MR) is 303 cm³/mol. The first kappa shape index (κ1) is 57.5. The number of likely N-dealkylation sites (N-methyl/N-ethyl adjacent to an activating group) is 1. The minimum absolute atomic E-state index is 0.0108. The Hall–Kier alpha value is -6.25. The number of ether oxygens (including phenoxy) is 2. The van der Waals surface area contributed by atoms with Gasteiger partial charge in [-0.15, -0.1) is 0 Å². The van der Waals surface area contributed by atoms with Gasteiger partial charge in [-0.25, -0.2) is 8.42 Å². The highest BCUT2D eigenvalue weighted by atomic mass is 35.5. The standard InChI is InChI=1S/C62H75ClN4O8S/c1-10-65(11-2)46-29-32-50-44(37-58(61(4,5)6)75-56(50)38-46)21-15-12-17-23-57-62(7,8)53-41-49(76(71,72)73)31-34-55(53)66(57)36-20-14-18-24-59(69)64-35-19-13-16-22-47(68)39-51-42(3)67(54-33-30-48(74-9)40-52(51)54)60(70)43-25-27-45(63)28-26-43/h12,15,17,21,23,25-34,37-38,40-41,46H,10-11,13-14,16,18-20,22,24,35-36,39H2,1-9H3,(H,64,69)(H,71,72,73)/b17-12+,21-15+,57-23+. The van der Waals surface area contributed by atoms with E-state index in [9.17, 15) is 27.4 Å². The van der Waals surface area contributed by atoms with Crippen molar-refractivity contribution < 1.29 is 41.7 Å². The molecule has 1 atom stereocenters. The van der Waals surface area contributed by atoms with Gasteiger partial charge in [-0.1, -0.05) is 83.4 Å². The first-order valence-corrected chi connectivity index (χ1v) is 28.5. The van der Waals surface area contributed by atoms with Crippen molar-refractivity contribution in [2.24, 2.45) is 5.41 Å². The van der Waals surface area contributed by atoms with Gasteiger partial charge < -0.3 is 29.1 Å². The molecule has 1 unspecified atom stereocenters. The molecule has 1 aliphatic carbocycles. The summed E-state index contributed by atoms with van der Waals surface area (Å²) in [5, 5.41) is 4.39. The number of halogens is 1. The first-order valence-electron chi connectivity index (χ1n) is 26.8. The second kappa shape index (κ2) is 24.8. The Balaban J connectivity index is 0.908. The fraction of sp³-hybridized carbons (Fsp3) is 0.403. The monoisotopic (exact) mass is 1070 g/mol. The quantitative estimate of drug-likeness (QED) is 0.0420. The van der Waals surface area contributed by atoms with E-state index >= 15 is 0 Å². The van der Waals surface area contributed by atoms with Crippen LogP contribution in [-0.4, -0.2) is 74.5 Å². The Bertz CT molecular complexity index is 3160. The SMILES string of the molecule is CC[NH+](CC)C1C=CC2=C(/C=C/C=C/C=C3/N(CCCCCC(=O)NCCCCCC(=O)Cc4c(C)n(C(=O)c5ccc(Cl)cc5)c5ccc(OC)cc45)c4ccc(S(=O)(=O)[O-])cc4C3(C)C)C=C(C(C)(C)C)OC2=C1. The third-order valence-electron chi connectivity index (χ3n) is 14.9. The molecule has 7 rings (SSSR count). The minimum atomic E-state index is -4.66. The molecule has 12 nitrogen and oxygen atoms in total. The molecule has 0 saturated carbocycles. The lowest BCUT2D eigenvalue weighted by Crippen LogP contribution is -3.14. The maximum absolute atomic E-state index is 13.7. The molecule has 1 amide bonds. The van der Waals surface area contributed by atoms with E-state index in [1.54, 1.807) is 42.0 Å². The molecule has 2 aliphatic heterocycles. The zero-order chi connectivity index (χ0) is 55.0. The average Bonchev–Trinajstić information content (AvgIpc) is 3.78. The third kappa shape index (κ3) is 13.5. The fourth-order valence-corrected chi connectivity index (χ4v) is 11.1. The molecule has 3 aromatic carbocycles. The molecule has 0 saturated heterocycles. The van der Waals surface area contributed by atoms with Gasteiger partial charge in [0.2, 0.25) is 5.91 Å². The molecule has 404 valence electrons. The summed E-state index contributed by atoms with van der Waals surface area (Å²) in [4.78, 5) is 43.4. The number of hydrogen-bond donors (Lipinski definition) is 2. The van der Waals surface area contributed by atoms with Crippen LogP contribution in [0.4, 0.5) is 5.69 Å². The summed E-state index contributed by atoms with van der Waals surface area (Å²) in [7, 11) is -3.07. The molecular formula is C62H75ClN4O8S. The molecule has 14 heteroatoms. The summed E-state index contributed by atoms with van der Waals surface area (Å²) < 4.78 is 50.1. The Kier molecular flexibility index (Phi) is 18.8. The van der Waals surface area contributed by atoms with Crippen LogP contribution in [0.2, 0.25) is 5.02 Å². The van der Waals surface area contributed by atoms with Crippen LogP contribution >= 0.6 is 11.6 Å². The van der Waals surface area contributed by atoms with Crippen molar-refractivity contribution in [3.8, 4) is 5.75 Å². The second-order valence-electron chi connectivity index (χ2n) is 21.5. The number of fused-ring (bicyclic) bond motifs is 3. The molecule has 3 heterocycles. The van der Waals surface area contributed by atoms with E-state index in [4.69, 9.17) is 21.1 Å². The molecule has 0 bridgehead atoms. The van der Waals surface area contributed by atoms with Gasteiger partial charge >= 0.3 is 0 Å². The summed E-state index contributed by atoms with van der Waals surface area (Å²) in [6.07, 6.45) is 24.5. The normalized spacial score (nSPS) is 16.9. The van der Waals surface area contributed by atoms with Gasteiger partial charge in [-0.3, -0.25) is 19.0 Å². The second-order valence-corrected chi connectivity index (χ2v) is 23.3. The Morgan fingerprint density at radius 1 is 0.921 bits per heavy atom. The van der Waals surface area contributed by atoms with Crippen LogP contribution in [-0.2, 0) is 36.3 Å². The van der Waals surface area contributed by atoms with Crippen molar-refractivity contribution >= 4 is 55.9 Å². The lowest BCUT2D eigenvalue weighted by Gasteiger charge is -2.32. The van der Waals surface area contributed by atoms with Gasteiger partial charge in [-0.2, -0.15) is 0 Å². The number of aromatic nitrogens is 1. The Labute approximate surface area is 455 Å². The summed E-state index contributed by atoms with van der Waals surface area (Å²) in [6, 6.07) is 17.2. The summed E-state index contributed by atoms with van der Waals surface area (Å²) in [6.45, 7) is 20.0. The number of methoxy groups -OCH3 is 1. The van der Waals surface area contributed by atoms with E-state index in [0.717, 1.165) is 89.3 Å². The number of anilines is 1. The fourth-order valence-electron chi connectivity index (χ4n) is 10.4. The number of ketones is 1. The molecule has 1 aromatic heterocycles. The highest BCUT2D eigenvalue weighted by molar-refractivity contribution is 7.85. The van der Waals surface area contributed by atoms with E-state index < -0.39 is 15.5 Å². The van der Waals surface area contributed by atoms with Crippen molar-refractivity contribution in [1.82, 2.24) is 9.88 Å². The zero-order valence-electron chi connectivity index (χ0n) is 45.7. The van der Waals surface area contributed by atoms with Crippen LogP contribution in [0.5, 0.6) is 5.75 Å². The zero-order valence-corrected chi connectivity index (χ0v) is 47.3. The molecule has 0 radical (unpaired) electrons. The van der Waals surface area contributed by atoms with Crippen molar-refractivity contribution in [3.05, 3.63) is 171 Å². The van der Waals surface area contributed by atoms with E-state index in [0.29, 0.717) is 66.3 Å². The molecule has 0 spiro atoms. The van der Waals surface area contributed by atoms with E-state index in [-0.39, 0.29) is 40.4 Å². The maximum atomic E-state index is 13.7. The van der Waals surface area contributed by atoms with Gasteiger partial charge in [0.25, 0.3) is 5.91 Å². The van der Waals surface area contributed by atoms with Gasteiger partial charge in [0, 0.05) is 87.9 Å². The van der Waals surface area contributed by atoms with Crippen molar-refractivity contribution in [2.45, 2.75) is 130 Å². The van der Waals surface area contributed by atoms with Gasteiger partial charge in [0.1, 0.15) is 39.2 Å². The molecule has 76 heavy (non-hydrogen) atoms. The van der Waals surface area contributed by atoms with Crippen LogP contribution in [0.3, 0.4) is 0 Å². The maximum Gasteiger partial charge on any atom is 0.262 e. The number of carbonyl (C=O) groups is 3. The number of nitrogens with one attached hydrogen (secondary N) is 2.